The van der Waals surface area contributed by atoms with E-state index in [-0.39, 0.29) is 51.0 Å². The number of fused-ring (bicyclic) bond motifs is 3. The first kappa shape index (κ1) is 23.2. The fourth-order valence-electron chi connectivity index (χ4n) is 2.38. The van der Waals surface area contributed by atoms with E-state index in [2.05, 4.69) is 68.3 Å². The molecule has 5 heteroatoms. The molecule has 1 aliphatic rings. The van der Waals surface area contributed by atoms with E-state index in [1.54, 1.807) is 0 Å². The average molecular weight is 550 g/mol. The largest absolute Gasteiger partial charge is 4.00 e. The predicted molar refractivity (Wildman–Crippen MR) is 91.0 cm³/mol. The van der Waals surface area contributed by atoms with E-state index in [9.17, 15) is 0 Å². The molecule has 116 valence electrons. The molecule has 0 nitrogen and oxygen atoms in total. The molecular weight excluding hydrogens is 538 g/mol. The molecule has 0 bridgehead atoms. The van der Waals surface area contributed by atoms with Gasteiger partial charge in [0.1, 0.15) is 0 Å². The summed E-state index contributed by atoms with van der Waals surface area (Å²) in [5.74, 6) is 0. The standard InChI is InChI=1S/C13H7Br2.C5H5.2ClH.Zr/c14-10-1-3-12-8(6-10)5-9-7-11(15)2-4-13(9)12;1-2-4-5-3-1;;;/h1-4,6H,5H2;1-5H;2*1H;/q2*-1;;;+4/p-2. The molecule has 0 aromatic heterocycles. The van der Waals surface area contributed by atoms with Crippen LogP contribution in [0.4, 0.5) is 0 Å². The SMILES string of the molecule is Brc1[c-]c2c(cc1)-c1ccc(Br)cc1C2.[Cl-].[Cl-].[Zr+4].c1cc[cH-]c1. The number of hydrogen-bond donors (Lipinski definition) is 0. The van der Waals surface area contributed by atoms with E-state index in [1.807, 2.05) is 30.3 Å². The molecule has 0 aliphatic heterocycles. The molecule has 0 radical (unpaired) electrons. The van der Waals surface area contributed by atoms with E-state index >= 15 is 0 Å². The van der Waals surface area contributed by atoms with Gasteiger partial charge in [0, 0.05) is 4.47 Å². The number of hydrogen-bond acceptors (Lipinski definition) is 0. The van der Waals surface area contributed by atoms with Gasteiger partial charge in [-0.2, -0.15) is 36.4 Å². The maximum absolute atomic E-state index is 3.50. The Balaban J connectivity index is 0.000000529. The van der Waals surface area contributed by atoms with Crippen molar-refractivity contribution in [2.24, 2.45) is 0 Å². The Labute approximate surface area is 185 Å². The third kappa shape index (κ3) is 5.90. The summed E-state index contributed by atoms with van der Waals surface area (Å²) >= 11 is 6.96. The molecule has 23 heavy (non-hydrogen) atoms. The Hall–Kier alpha value is 0.213. The first-order valence-electron chi connectivity index (χ1n) is 6.40. The van der Waals surface area contributed by atoms with Crippen LogP contribution in [0.3, 0.4) is 0 Å². The third-order valence-electron chi connectivity index (χ3n) is 3.27. The number of rotatable bonds is 0. The fourth-order valence-corrected chi connectivity index (χ4v) is 3.16. The zero-order valence-corrected chi connectivity index (χ0v) is 19.1. The summed E-state index contributed by atoms with van der Waals surface area (Å²) in [7, 11) is 0. The summed E-state index contributed by atoms with van der Waals surface area (Å²) in [6, 6.07) is 24.0. The Bertz CT molecular complexity index is 661. The zero-order chi connectivity index (χ0) is 13.9. The van der Waals surface area contributed by atoms with Gasteiger partial charge in [-0.25, -0.2) is 12.1 Å². The van der Waals surface area contributed by atoms with Crippen molar-refractivity contribution in [3.8, 4) is 11.1 Å². The van der Waals surface area contributed by atoms with Crippen LogP contribution >= 0.6 is 31.9 Å². The van der Waals surface area contributed by atoms with Gasteiger partial charge in [0.2, 0.25) is 0 Å². The summed E-state index contributed by atoms with van der Waals surface area (Å²) < 4.78 is 2.18. The van der Waals surface area contributed by atoms with Crippen molar-refractivity contribution in [2.45, 2.75) is 6.42 Å². The van der Waals surface area contributed by atoms with E-state index in [4.69, 9.17) is 0 Å². The molecule has 0 heterocycles. The molecule has 0 saturated carbocycles. The second kappa shape index (κ2) is 11.0. The quantitative estimate of drug-likeness (QED) is 0.271. The van der Waals surface area contributed by atoms with Gasteiger partial charge in [0.15, 0.2) is 0 Å². The number of halogens is 4. The zero-order valence-electron chi connectivity index (χ0n) is 12.0. The van der Waals surface area contributed by atoms with E-state index in [1.165, 1.54) is 22.3 Å². The van der Waals surface area contributed by atoms with Crippen molar-refractivity contribution in [3.05, 3.63) is 86.8 Å². The average Bonchev–Trinajstić information content (AvgIpc) is 3.08. The van der Waals surface area contributed by atoms with Gasteiger partial charge in [-0.15, -0.1) is 11.1 Å². The van der Waals surface area contributed by atoms with Gasteiger partial charge in [0.25, 0.3) is 0 Å². The monoisotopic (exact) mass is 546 g/mol. The molecule has 0 N–H and O–H groups in total. The van der Waals surface area contributed by atoms with Crippen molar-refractivity contribution in [3.63, 3.8) is 0 Å². The smallest absolute Gasteiger partial charge is 1.00 e. The van der Waals surface area contributed by atoms with E-state index in [0.29, 0.717) is 0 Å². The summed E-state index contributed by atoms with van der Waals surface area (Å²) in [5, 5.41) is 0. The van der Waals surface area contributed by atoms with Crippen LogP contribution in [0, 0.1) is 6.07 Å². The maximum Gasteiger partial charge on any atom is 4.00 e. The van der Waals surface area contributed by atoms with Crippen molar-refractivity contribution < 1.29 is 51.0 Å². The van der Waals surface area contributed by atoms with Gasteiger partial charge in [-0.1, -0.05) is 48.0 Å². The van der Waals surface area contributed by atoms with Crippen LogP contribution in [0.2, 0.25) is 0 Å². The summed E-state index contributed by atoms with van der Waals surface area (Å²) in [6.07, 6.45) is 0.990. The van der Waals surface area contributed by atoms with Crippen molar-refractivity contribution in [1.29, 1.82) is 0 Å². The van der Waals surface area contributed by atoms with Crippen molar-refractivity contribution >= 4 is 31.9 Å². The second-order valence-electron chi connectivity index (χ2n) is 4.64. The molecule has 0 amide bonds. The predicted octanol–water partition coefficient (Wildman–Crippen LogP) is -0.00601. The molecule has 0 spiro atoms. The van der Waals surface area contributed by atoms with Gasteiger partial charge < -0.3 is 24.8 Å². The maximum atomic E-state index is 3.50. The Morgan fingerprint density at radius 3 is 2.17 bits per heavy atom. The van der Waals surface area contributed by atoms with Gasteiger partial charge in [0.05, 0.1) is 0 Å². The molecule has 4 rings (SSSR count). The van der Waals surface area contributed by atoms with Crippen LogP contribution in [0.5, 0.6) is 0 Å². The van der Waals surface area contributed by atoms with Crippen LogP contribution in [0.15, 0.2) is 69.6 Å². The molecule has 3 aromatic rings. The summed E-state index contributed by atoms with van der Waals surface area (Å²) in [6.45, 7) is 0. The van der Waals surface area contributed by atoms with Crippen LogP contribution in [0.25, 0.3) is 11.1 Å². The van der Waals surface area contributed by atoms with Crippen LogP contribution in [-0.2, 0) is 32.6 Å². The van der Waals surface area contributed by atoms with Crippen LogP contribution in [-0.4, -0.2) is 0 Å². The molecular formula is C18H12Br2Cl2Zr. The number of benzene rings is 2. The Kier molecular flexibility index (Phi) is 11.1. The molecule has 0 fully saturated rings. The minimum atomic E-state index is 0. The minimum absolute atomic E-state index is 0. The first-order chi connectivity index (χ1) is 9.74. The molecule has 0 saturated heterocycles. The van der Waals surface area contributed by atoms with Crippen LogP contribution < -0.4 is 24.8 Å². The normalized spacial score (nSPS) is 9.83. The Morgan fingerprint density at radius 1 is 0.913 bits per heavy atom. The minimum Gasteiger partial charge on any atom is -1.00 e. The van der Waals surface area contributed by atoms with Crippen molar-refractivity contribution in [2.75, 3.05) is 0 Å². The van der Waals surface area contributed by atoms with Gasteiger partial charge in [-0.3, -0.25) is 0 Å². The molecule has 0 atom stereocenters. The third-order valence-corrected chi connectivity index (χ3v) is 4.23. The fraction of sp³-hybridized carbons (Fsp3) is 0.0556. The Morgan fingerprint density at radius 2 is 1.57 bits per heavy atom. The van der Waals surface area contributed by atoms with Crippen molar-refractivity contribution in [1.82, 2.24) is 0 Å². The van der Waals surface area contributed by atoms with Gasteiger partial charge in [-0.05, 0) is 24.1 Å². The topological polar surface area (TPSA) is 0 Å². The molecule has 0 unspecified atom stereocenters. The van der Waals surface area contributed by atoms with Crippen LogP contribution in [0.1, 0.15) is 11.1 Å². The summed E-state index contributed by atoms with van der Waals surface area (Å²) in [4.78, 5) is 0. The molecule has 1 aliphatic carbocycles. The van der Waals surface area contributed by atoms with Gasteiger partial charge >= 0.3 is 26.2 Å². The molecule has 3 aromatic carbocycles. The second-order valence-corrected chi connectivity index (χ2v) is 6.41. The first-order valence-corrected chi connectivity index (χ1v) is 7.99. The van der Waals surface area contributed by atoms with E-state index < -0.39 is 0 Å². The van der Waals surface area contributed by atoms with E-state index in [0.717, 1.165) is 15.4 Å². The summed E-state index contributed by atoms with van der Waals surface area (Å²) in [5.41, 5.74) is 5.34.